The van der Waals surface area contributed by atoms with E-state index >= 15 is 0 Å². The lowest BCUT2D eigenvalue weighted by molar-refractivity contribution is -0.115. The van der Waals surface area contributed by atoms with Crippen molar-refractivity contribution in [2.45, 2.75) is 25.1 Å². The number of benzene rings is 1. The Kier molecular flexibility index (Phi) is 4.31. The molecule has 2 rings (SSSR count). The summed E-state index contributed by atoms with van der Waals surface area (Å²) >= 11 is 3.32. The van der Waals surface area contributed by atoms with E-state index in [0.717, 1.165) is 23.5 Å². The van der Waals surface area contributed by atoms with Crippen LogP contribution < -0.4 is 5.32 Å². The van der Waals surface area contributed by atoms with Crippen LogP contribution in [-0.2, 0) is 4.79 Å². The summed E-state index contributed by atoms with van der Waals surface area (Å²) in [4.78, 5) is 15.9. The van der Waals surface area contributed by atoms with Crippen molar-refractivity contribution in [2.75, 3.05) is 5.32 Å². The molecule has 0 saturated carbocycles. The minimum atomic E-state index is -0.179. The Balaban J connectivity index is 2.18. The number of nitrogens with zero attached hydrogens (tertiary/aromatic N) is 2. The maximum atomic E-state index is 11.8. The lowest BCUT2D eigenvalue weighted by Gasteiger charge is -2.09. The van der Waals surface area contributed by atoms with E-state index in [1.165, 1.54) is 0 Å². The molecule has 1 amide bonds. The van der Waals surface area contributed by atoms with Gasteiger partial charge in [0, 0.05) is 11.3 Å². The maximum absolute atomic E-state index is 11.8. The third kappa shape index (κ3) is 3.41. The number of rotatable bonds is 4. The van der Waals surface area contributed by atoms with E-state index in [1.54, 1.807) is 0 Å². The average molecular weight is 323 g/mol. The fourth-order valence-corrected chi connectivity index (χ4v) is 1.73. The zero-order valence-electron chi connectivity index (χ0n) is 10.8. The van der Waals surface area contributed by atoms with Crippen LogP contribution in [-0.4, -0.2) is 25.9 Å². The Morgan fingerprint density at radius 2 is 2.32 bits per heavy atom. The van der Waals surface area contributed by atoms with Crippen molar-refractivity contribution >= 4 is 27.5 Å². The molecule has 0 fully saturated rings. The lowest BCUT2D eigenvalue weighted by atomic mass is 10.2. The first-order valence-electron chi connectivity index (χ1n) is 6.04. The standard InChI is InChI=1S/C13H15BrN4O/c1-3-11(14)13(19)16-10-6-4-5-9(7-10)12-15-8(2)17-18-12/h4-7,11H,3H2,1-2H3,(H,16,19)(H,15,17,18). The van der Waals surface area contributed by atoms with Crippen molar-refractivity contribution in [3.05, 3.63) is 30.1 Å². The highest BCUT2D eigenvalue weighted by Gasteiger charge is 2.13. The predicted octanol–water partition coefficient (Wildman–Crippen LogP) is 2.89. The van der Waals surface area contributed by atoms with Gasteiger partial charge in [0.05, 0.1) is 4.83 Å². The molecule has 6 heteroatoms. The van der Waals surface area contributed by atoms with Crippen LogP contribution in [0.3, 0.4) is 0 Å². The number of amides is 1. The summed E-state index contributed by atoms with van der Waals surface area (Å²) in [5.74, 6) is 1.33. The Morgan fingerprint density at radius 3 is 2.95 bits per heavy atom. The van der Waals surface area contributed by atoms with Crippen molar-refractivity contribution in [1.82, 2.24) is 15.2 Å². The van der Waals surface area contributed by atoms with Gasteiger partial charge in [-0.05, 0) is 25.5 Å². The number of halogens is 1. The molecular formula is C13H15BrN4O. The molecule has 0 spiro atoms. The van der Waals surface area contributed by atoms with Crippen LogP contribution in [0.25, 0.3) is 11.4 Å². The molecule has 0 aliphatic carbocycles. The van der Waals surface area contributed by atoms with Gasteiger partial charge in [-0.25, -0.2) is 4.98 Å². The summed E-state index contributed by atoms with van der Waals surface area (Å²) < 4.78 is 0. The second kappa shape index (κ2) is 5.97. The van der Waals surface area contributed by atoms with Crippen molar-refractivity contribution < 1.29 is 4.79 Å². The fraction of sp³-hybridized carbons (Fsp3) is 0.308. The first-order valence-corrected chi connectivity index (χ1v) is 6.96. The maximum Gasteiger partial charge on any atom is 0.238 e. The number of carbonyl (C=O) groups excluding carboxylic acids is 1. The van der Waals surface area contributed by atoms with Gasteiger partial charge in [-0.1, -0.05) is 35.0 Å². The van der Waals surface area contributed by atoms with Gasteiger partial charge in [-0.15, -0.1) is 0 Å². The number of hydrogen-bond acceptors (Lipinski definition) is 3. The van der Waals surface area contributed by atoms with Crippen molar-refractivity contribution in [3.8, 4) is 11.4 Å². The molecule has 1 atom stereocenters. The molecule has 1 aromatic heterocycles. The number of H-pyrrole nitrogens is 1. The van der Waals surface area contributed by atoms with Gasteiger partial charge in [0.1, 0.15) is 5.82 Å². The normalized spacial score (nSPS) is 12.2. The summed E-state index contributed by atoms with van der Waals surface area (Å²) in [6, 6.07) is 7.47. The molecule has 5 nitrogen and oxygen atoms in total. The Labute approximate surface area is 120 Å². The summed E-state index contributed by atoms with van der Waals surface area (Å²) in [6.45, 7) is 3.80. The zero-order valence-corrected chi connectivity index (χ0v) is 12.4. The van der Waals surface area contributed by atoms with E-state index in [0.29, 0.717) is 5.82 Å². The van der Waals surface area contributed by atoms with Crippen LogP contribution in [0.4, 0.5) is 5.69 Å². The van der Waals surface area contributed by atoms with E-state index < -0.39 is 0 Å². The van der Waals surface area contributed by atoms with Gasteiger partial charge >= 0.3 is 0 Å². The minimum absolute atomic E-state index is 0.0502. The van der Waals surface area contributed by atoms with Crippen LogP contribution in [0.2, 0.25) is 0 Å². The summed E-state index contributed by atoms with van der Waals surface area (Å²) in [5.41, 5.74) is 1.60. The van der Waals surface area contributed by atoms with E-state index in [1.807, 2.05) is 38.1 Å². The SMILES string of the molecule is CCC(Br)C(=O)Nc1cccc(-c2n[nH]c(C)n2)c1. The highest BCUT2D eigenvalue weighted by atomic mass is 79.9. The number of anilines is 1. The molecule has 2 aromatic rings. The van der Waals surface area contributed by atoms with Gasteiger partial charge in [0.2, 0.25) is 5.91 Å². The molecule has 0 radical (unpaired) electrons. The number of aromatic nitrogens is 3. The molecule has 1 aromatic carbocycles. The second-order valence-corrected chi connectivity index (χ2v) is 5.30. The van der Waals surface area contributed by atoms with Crippen LogP contribution >= 0.6 is 15.9 Å². The predicted molar refractivity (Wildman–Crippen MR) is 78.2 cm³/mol. The monoisotopic (exact) mass is 322 g/mol. The third-order valence-corrected chi connectivity index (χ3v) is 3.69. The largest absolute Gasteiger partial charge is 0.325 e. The minimum Gasteiger partial charge on any atom is -0.325 e. The van der Waals surface area contributed by atoms with E-state index in [9.17, 15) is 4.79 Å². The number of aryl methyl sites for hydroxylation is 1. The first kappa shape index (κ1) is 13.7. The van der Waals surface area contributed by atoms with Gasteiger partial charge in [0.25, 0.3) is 0 Å². The zero-order chi connectivity index (χ0) is 13.8. The van der Waals surface area contributed by atoms with Gasteiger partial charge < -0.3 is 5.32 Å². The molecule has 2 N–H and O–H groups in total. The van der Waals surface area contributed by atoms with Crippen molar-refractivity contribution in [2.24, 2.45) is 0 Å². The molecule has 1 heterocycles. The molecule has 0 bridgehead atoms. The highest BCUT2D eigenvalue weighted by molar-refractivity contribution is 9.10. The Hall–Kier alpha value is -1.69. The van der Waals surface area contributed by atoms with E-state index in [-0.39, 0.29) is 10.7 Å². The Morgan fingerprint density at radius 1 is 1.53 bits per heavy atom. The first-order chi connectivity index (χ1) is 9.10. The lowest BCUT2D eigenvalue weighted by Crippen LogP contribution is -2.21. The summed E-state index contributed by atoms with van der Waals surface area (Å²) in [7, 11) is 0. The number of alkyl halides is 1. The van der Waals surface area contributed by atoms with Crippen LogP contribution in [0, 0.1) is 6.92 Å². The third-order valence-electron chi connectivity index (χ3n) is 2.63. The average Bonchev–Trinajstić information content (AvgIpc) is 2.84. The molecular weight excluding hydrogens is 308 g/mol. The van der Waals surface area contributed by atoms with Gasteiger partial charge in [-0.2, -0.15) is 5.10 Å². The van der Waals surface area contributed by atoms with Crippen LogP contribution in [0.15, 0.2) is 24.3 Å². The fourth-order valence-electron chi connectivity index (χ4n) is 1.61. The molecule has 0 aliphatic heterocycles. The molecule has 1 unspecified atom stereocenters. The smallest absolute Gasteiger partial charge is 0.238 e. The Bertz CT molecular complexity index is 582. The second-order valence-electron chi connectivity index (χ2n) is 4.19. The number of nitrogens with one attached hydrogen (secondary N) is 2. The van der Waals surface area contributed by atoms with Gasteiger partial charge in [0.15, 0.2) is 5.82 Å². The topological polar surface area (TPSA) is 70.7 Å². The van der Waals surface area contributed by atoms with E-state index in [2.05, 4.69) is 36.4 Å². The molecule has 100 valence electrons. The van der Waals surface area contributed by atoms with Crippen LogP contribution in [0.5, 0.6) is 0 Å². The van der Waals surface area contributed by atoms with E-state index in [4.69, 9.17) is 0 Å². The van der Waals surface area contributed by atoms with Crippen molar-refractivity contribution in [1.29, 1.82) is 0 Å². The highest BCUT2D eigenvalue weighted by Crippen LogP contribution is 2.20. The quantitative estimate of drug-likeness (QED) is 0.850. The number of aromatic amines is 1. The summed E-state index contributed by atoms with van der Waals surface area (Å²) in [6.07, 6.45) is 0.742. The molecule has 19 heavy (non-hydrogen) atoms. The number of carbonyl (C=O) groups is 1. The van der Waals surface area contributed by atoms with Crippen LogP contribution in [0.1, 0.15) is 19.2 Å². The van der Waals surface area contributed by atoms with Gasteiger partial charge in [-0.3, -0.25) is 9.89 Å². The summed E-state index contributed by atoms with van der Waals surface area (Å²) in [5, 5.41) is 9.76. The van der Waals surface area contributed by atoms with Crippen molar-refractivity contribution in [3.63, 3.8) is 0 Å². The molecule has 0 aliphatic rings. The molecule has 0 saturated heterocycles. The number of hydrogen-bond donors (Lipinski definition) is 2.